The van der Waals surface area contributed by atoms with Crippen LogP contribution in [0.1, 0.15) is 42.9 Å². The second-order valence-electron chi connectivity index (χ2n) is 11.5. The van der Waals surface area contributed by atoms with Crippen LogP contribution in [0.25, 0.3) is 0 Å². The van der Waals surface area contributed by atoms with E-state index in [4.69, 9.17) is 9.47 Å². The fourth-order valence-corrected chi connectivity index (χ4v) is 6.72. The highest BCUT2D eigenvalue weighted by atomic mass is 16.6. The highest BCUT2D eigenvalue weighted by Crippen LogP contribution is 2.42. The molecule has 11 nitrogen and oxygen atoms in total. The maximum absolute atomic E-state index is 13.7. The molecule has 2 heterocycles. The first kappa shape index (κ1) is 32.4. The number of aliphatic imine (C=N–C) groups is 1. The molecule has 1 atom stereocenters. The van der Waals surface area contributed by atoms with Crippen LogP contribution in [0.3, 0.4) is 0 Å². The van der Waals surface area contributed by atoms with Crippen LogP contribution in [0, 0.1) is 10.1 Å². The number of nitro benzene ring substituents is 1. The third kappa shape index (κ3) is 6.10. The van der Waals surface area contributed by atoms with E-state index in [0.717, 1.165) is 32.5 Å². The summed E-state index contributed by atoms with van der Waals surface area (Å²) in [4.78, 5) is 44.1. The Kier molecular flexibility index (Phi) is 9.81. The zero-order valence-electron chi connectivity index (χ0n) is 26.4. The van der Waals surface area contributed by atoms with Crippen LogP contribution in [0.15, 0.2) is 102 Å². The summed E-state index contributed by atoms with van der Waals surface area (Å²) in [5, 5.41) is 14.1. The first-order valence-corrected chi connectivity index (χ1v) is 15.3. The summed E-state index contributed by atoms with van der Waals surface area (Å²) in [7, 11) is 2.66. The molecular weight excluding hydrogens is 586 g/mol. The van der Waals surface area contributed by atoms with Crippen molar-refractivity contribution in [2.45, 2.75) is 37.1 Å². The van der Waals surface area contributed by atoms with Gasteiger partial charge in [0.05, 0.1) is 19.1 Å². The molecule has 1 saturated heterocycles. The molecule has 0 spiro atoms. The molecule has 240 valence electrons. The number of nitro groups is 1. The second kappa shape index (κ2) is 13.9. The van der Waals surface area contributed by atoms with Gasteiger partial charge >= 0.3 is 12.0 Å². The van der Waals surface area contributed by atoms with Crippen LogP contribution in [0.4, 0.5) is 5.69 Å². The number of carbonyl (C=O) groups is 2. The van der Waals surface area contributed by atoms with Crippen molar-refractivity contribution in [2.75, 3.05) is 40.4 Å². The van der Waals surface area contributed by atoms with Gasteiger partial charge in [-0.25, -0.2) is 14.8 Å². The third-order valence-electron chi connectivity index (χ3n) is 9.00. The van der Waals surface area contributed by atoms with Crippen LogP contribution >= 0.6 is 0 Å². The summed E-state index contributed by atoms with van der Waals surface area (Å²) >= 11 is 0. The Morgan fingerprint density at radius 2 is 1.54 bits per heavy atom. The minimum Gasteiger partial charge on any atom is -0.467 e. The topological polar surface area (TPSA) is 118 Å². The molecule has 0 saturated carbocycles. The number of hydrogen-bond acceptors (Lipinski definition) is 9. The van der Waals surface area contributed by atoms with Crippen molar-refractivity contribution in [3.05, 3.63) is 124 Å². The quantitative estimate of drug-likeness (QED) is 0.126. The molecule has 3 aromatic carbocycles. The van der Waals surface area contributed by atoms with Crippen molar-refractivity contribution in [2.24, 2.45) is 4.99 Å². The van der Waals surface area contributed by atoms with Gasteiger partial charge in [-0.15, -0.1) is 0 Å². The van der Waals surface area contributed by atoms with Crippen molar-refractivity contribution in [1.82, 2.24) is 14.9 Å². The lowest BCUT2D eigenvalue weighted by Crippen LogP contribution is -2.62. The van der Waals surface area contributed by atoms with E-state index in [1.165, 1.54) is 59.6 Å². The van der Waals surface area contributed by atoms with E-state index in [-0.39, 0.29) is 23.7 Å². The van der Waals surface area contributed by atoms with Crippen LogP contribution < -0.4 is 0 Å². The van der Waals surface area contributed by atoms with Gasteiger partial charge in [-0.3, -0.25) is 19.9 Å². The van der Waals surface area contributed by atoms with Crippen LogP contribution in [0.5, 0.6) is 0 Å². The summed E-state index contributed by atoms with van der Waals surface area (Å²) in [5.74, 6) is -0.703. The molecule has 1 unspecified atom stereocenters. The Morgan fingerprint density at radius 3 is 2.04 bits per heavy atom. The summed E-state index contributed by atoms with van der Waals surface area (Å²) in [6, 6.07) is 26.9. The van der Waals surface area contributed by atoms with Crippen molar-refractivity contribution in [3.8, 4) is 0 Å². The van der Waals surface area contributed by atoms with Crippen molar-refractivity contribution >= 4 is 24.1 Å². The van der Waals surface area contributed by atoms with Crippen molar-refractivity contribution in [3.63, 3.8) is 0 Å². The number of non-ortho nitro benzene ring substituents is 1. The molecule has 0 radical (unpaired) electrons. The molecule has 5 rings (SSSR count). The predicted octanol–water partition coefficient (Wildman–Crippen LogP) is 5.03. The number of amides is 1. The number of hydrazine groups is 1. The first-order valence-electron chi connectivity index (χ1n) is 15.3. The number of ether oxygens (including phenoxy) is 2. The smallest absolute Gasteiger partial charge is 0.342 e. The minimum absolute atomic E-state index is 0.0179. The molecule has 0 aromatic heterocycles. The summed E-state index contributed by atoms with van der Waals surface area (Å²) in [6.45, 7) is 4.46. The largest absolute Gasteiger partial charge is 0.467 e. The van der Waals surface area contributed by atoms with E-state index >= 15 is 0 Å². The molecule has 2 aliphatic heterocycles. The molecule has 11 heteroatoms. The highest BCUT2D eigenvalue weighted by Gasteiger charge is 2.52. The van der Waals surface area contributed by atoms with Gasteiger partial charge in [0, 0.05) is 29.8 Å². The van der Waals surface area contributed by atoms with Gasteiger partial charge in [-0.2, -0.15) is 0 Å². The minimum atomic E-state index is -1.70. The Labute approximate surface area is 268 Å². The van der Waals surface area contributed by atoms with E-state index < -0.39 is 16.4 Å². The number of piperidine rings is 1. The first-order chi connectivity index (χ1) is 22.3. The molecule has 46 heavy (non-hydrogen) atoms. The number of methoxy groups -OCH3 is 2. The van der Waals surface area contributed by atoms with Gasteiger partial charge in [0.1, 0.15) is 0 Å². The molecule has 3 aromatic rings. The van der Waals surface area contributed by atoms with Crippen LogP contribution in [0.2, 0.25) is 0 Å². The highest BCUT2D eigenvalue weighted by molar-refractivity contribution is 5.93. The van der Waals surface area contributed by atoms with E-state index in [0.29, 0.717) is 24.1 Å². The number of carbonyl (C=O) groups excluding carboxylic acids is 2. The molecule has 0 aliphatic carbocycles. The lowest BCUT2D eigenvalue weighted by atomic mass is 9.68. The van der Waals surface area contributed by atoms with E-state index in [1.807, 2.05) is 12.1 Å². The molecule has 1 amide bonds. The van der Waals surface area contributed by atoms with Crippen LogP contribution in [-0.4, -0.2) is 78.6 Å². The molecule has 0 N–H and O–H groups in total. The molecule has 1 fully saturated rings. The van der Waals surface area contributed by atoms with Crippen molar-refractivity contribution < 1.29 is 24.0 Å². The van der Waals surface area contributed by atoms with Gasteiger partial charge in [0.15, 0.2) is 0 Å². The molecule has 2 aliphatic rings. The summed E-state index contributed by atoms with van der Waals surface area (Å²) in [6.07, 6.45) is 4.74. The van der Waals surface area contributed by atoms with Gasteiger partial charge in [0.25, 0.3) is 5.69 Å². The Morgan fingerprint density at radius 1 is 0.957 bits per heavy atom. The van der Waals surface area contributed by atoms with Gasteiger partial charge in [-0.05, 0) is 80.7 Å². The van der Waals surface area contributed by atoms with Gasteiger partial charge in [0.2, 0.25) is 11.9 Å². The maximum Gasteiger partial charge on any atom is 0.342 e. The number of benzene rings is 3. The number of amidine groups is 1. The average Bonchev–Trinajstić information content (AvgIpc) is 3.10. The summed E-state index contributed by atoms with van der Waals surface area (Å²) < 4.78 is 10.9. The van der Waals surface area contributed by atoms with Crippen LogP contribution in [-0.2, 0) is 30.0 Å². The number of esters is 1. The number of rotatable bonds is 11. The lowest BCUT2D eigenvalue weighted by molar-refractivity contribution is -0.384. The fourth-order valence-electron chi connectivity index (χ4n) is 6.72. The normalized spacial score (nSPS) is 19.4. The lowest BCUT2D eigenvalue weighted by Gasteiger charge is -2.46. The number of hydrogen-bond donors (Lipinski definition) is 0. The Hall–Kier alpha value is -5.03. The van der Waals surface area contributed by atoms with E-state index in [2.05, 4.69) is 58.4 Å². The fraction of sp³-hybridized carbons (Fsp3) is 0.343. The SMILES string of the molecule is COC(=O)C1(c2ccc([N+](=O)[O-])cc2)C=C(C)N=C(OC)N1N(C=O)CCCN1CCC(c2ccccc2)(c2ccccc2)CC1. The van der Waals surface area contributed by atoms with E-state index in [1.54, 1.807) is 13.0 Å². The number of likely N-dealkylation sites (tertiary alicyclic amines) is 1. The Bertz CT molecular complexity index is 1550. The zero-order valence-corrected chi connectivity index (χ0v) is 26.4. The summed E-state index contributed by atoms with van der Waals surface area (Å²) in [5.41, 5.74) is 1.55. The Balaban J connectivity index is 1.36. The number of nitrogens with zero attached hydrogens (tertiary/aromatic N) is 5. The second-order valence-corrected chi connectivity index (χ2v) is 11.5. The molecule has 0 bridgehead atoms. The maximum atomic E-state index is 13.7. The number of allylic oxidation sites excluding steroid dienone is 1. The standard InChI is InChI=1S/C35H39N5O6/c1-27-25-35(32(42)45-2,30-15-17-31(18-16-30)40(43)44)39(33(36-27)46-3)38(26-41)22-10-21-37-23-19-34(20-24-37,28-11-6-4-7-12-28)29-13-8-5-9-14-29/h4-9,11-18,25-26H,10,19-24H2,1-3H3. The monoisotopic (exact) mass is 625 g/mol. The average molecular weight is 626 g/mol. The van der Waals surface area contributed by atoms with Gasteiger partial charge < -0.3 is 14.4 Å². The van der Waals surface area contributed by atoms with Gasteiger partial charge in [-0.1, -0.05) is 60.7 Å². The predicted molar refractivity (Wildman–Crippen MR) is 174 cm³/mol. The molecular formula is C35H39N5O6. The zero-order chi connectivity index (χ0) is 32.7. The van der Waals surface area contributed by atoms with Crippen molar-refractivity contribution in [1.29, 1.82) is 0 Å². The third-order valence-corrected chi connectivity index (χ3v) is 9.00. The van der Waals surface area contributed by atoms with E-state index in [9.17, 15) is 19.7 Å².